The van der Waals surface area contributed by atoms with E-state index < -0.39 is 6.10 Å². The zero-order valence-electron chi connectivity index (χ0n) is 49.9. The number of allylic oxidation sites excluding steroid dienone is 22. The van der Waals surface area contributed by atoms with Crippen molar-refractivity contribution in [2.45, 2.75) is 284 Å². The molecule has 0 heterocycles. The van der Waals surface area contributed by atoms with E-state index >= 15 is 0 Å². The predicted octanol–water partition coefficient (Wildman–Crippen LogP) is 21.8. The van der Waals surface area contributed by atoms with Crippen LogP contribution >= 0.6 is 0 Å². The smallest absolute Gasteiger partial charge is 0.306 e. The summed E-state index contributed by atoms with van der Waals surface area (Å²) in [5.41, 5.74) is 0. The van der Waals surface area contributed by atoms with E-state index in [4.69, 9.17) is 14.2 Å². The van der Waals surface area contributed by atoms with Crippen molar-refractivity contribution < 1.29 is 28.6 Å². The highest BCUT2D eigenvalue weighted by molar-refractivity contribution is 5.71. The lowest BCUT2D eigenvalue weighted by Gasteiger charge is -2.18. The molecular formula is C71H116O6. The highest BCUT2D eigenvalue weighted by Crippen LogP contribution is 2.14. The van der Waals surface area contributed by atoms with Crippen LogP contribution in [0.2, 0.25) is 0 Å². The SMILES string of the molecule is CC/C=C\C/C=C\C/C=C\C/C=C\C/C=C\C/C=C\C/C=C\C/C=C\CCCCCCCCCCC(=O)OCC(COC(=O)CCCCCCC)OC(=O)CCCCCCCC/C=C\C/C=C\C/C=C\CCCCCCC. The van der Waals surface area contributed by atoms with Crippen molar-refractivity contribution in [2.24, 2.45) is 0 Å². The first-order chi connectivity index (χ1) is 38.0. The fourth-order valence-electron chi connectivity index (χ4n) is 8.41. The normalized spacial score (nSPS) is 13.0. The summed E-state index contributed by atoms with van der Waals surface area (Å²) in [6, 6.07) is 0. The molecular weight excluding hydrogens is 949 g/mol. The number of unbranched alkanes of at least 4 members (excludes halogenated alkanes) is 23. The van der Waals surface area contributed by atoms with Crippen LogP contribution in [0.5, 0.6) is 0 Å². The second kappa shape index (κ2) is 64.1. The van der Waals surface area contributed by atoms with Gasteiger partial charge in [-0.1, -0.05) is 270 Å². The number of hydrogen-bond donors (Lipinski definition) is 0. The average molecular weight is 1070 g/mol. The van der Waals surface area contributed by atoms with Crippen molar-refractivity contribution in [1.82, 2.24) is 0 Å². The summed E-state index contributed by atoms with van der Waals surface area (Å²) in [6.07, 6.45) is 90.7. The van der Waals surface area contributed by atoms with Gasteiger partial charge in [-0.25, -0.2) is 0 Å². The van der Waals surface area contributed by atoms with Crippen LogP contribution in [0.15, 0.2) is 134 Å². The van der Waals surface area contributed by atoms with Gasteiger partial charge in [-0.15, -0.1) is 0 Å². The molecule has 0 aromatic rings. The molecule has 0 aliphatic carbocycles. The first-order valence-electron chi connectivity index (χ1n) is 31.7. The zero-order valence-corrected chi connectivity index (χ0v) is 49.9. The third-order valence-corrected chi connectivity index (χ3v) is 13.1. The molecule has 0 aromatic carbocycles. The van der Waals surface area contributed by atoms with Crippen LogP contribution in [0.25, 0.3) is 0 Å². The van der Waals surface area contributed by atoms with Gasteiger partial charge >= 0.3 is 17.9 Å². The Morgan fingerprint density at radius 2 is 0.506 bits per heavy atom. The molecule has 6 heteroatoms. The van der Waals surface area contributed by atoms with E-state index in [2.05, 4.69) is 154 Å². The Morgan fingerprint density at radius 1 is 0.273 bits per heavy atom. The fraction of sp³-hybridized carbons (Fsp3) is 0.648. The Bertz CT molecular complexity index is 1650. The lowest BCUT2D eigenvalue weighted by molar-refractivity contribution is -0.167. The zero-order chi connectivity index (χ0) is 55.7. The molecule has 0 saturated carbocycles. The minimum atomic E-state index is -0.789. The van der Waals surface area contributed by atoms with Gasteiger partial charge in [0.15, 0.2) is 6.10 Å². The maximum atomic E-state index is 12.8. The first kappa shape index (κ1) is 72.5. The fourth-order valence-corrected chi connectivity index (χ4v) is 8.41. The van der Waals surface area contributed by atoms with Crippen molar-refractivity contribution in [1.29, 1.82) is 0 Å². The lowest BCUT2D eigenvalue weighted by atomic mass is 10.1. The average Bonchev–Trinajstić information content (AvgIpc) is 3.43. The summed E-state index contributed by atoms with van der Waals surface area (Å²) in [6.45, 7) is 6.41. The monoisotopic (exact) mass is 1060 g/mol. The Balaban J connectivity index is 4.11. The van der Waals surface area contributed by atoms with E-state index in [0.717, 1.165) is 154 Å². The van der Waals surface area contributed by atoms with E-state index in [9.17, 15) is 14.4 Å². The molecule has 0 radical (unpaired) electrons. The van der Waals surface area contributed by atoms with Gasteiger partial charge in [0.1, 0.15) is 13.2 Å². The van der Waals surface area contributed by atoms with Gasteiger partial charge in [0.25, 0.3) is 0 Å². The second-order valence-electron chi connectivity index (χ2n) is 20.6. The molecule has 1 unspecified atom stereocenters. The lowest BCUT2D eigenvalue weighted by Crippen LogP contribution is -2.30. The minimum absolute atomic E-state index is 0.0891. The third-order valence-electron chi connectivity index (χ3n) is 13.1. The van der Waals surface area contributed by atoms with Crippen LogP contribution in [0.1, 0.15) is 278 Å². The molecule has 0 rings (SSSR count). The van der Waals surface area contributed by atoms with Crippen LogP contribution in [0.4, 0.5) is 0 Å². The van der Waals surface area contributed by atoms with E-state index in [0.29, 0.717) is 19.3 Å². The number of ether oxygens (including phenoxy) is 3. The molecule has 0 aromatic heterocycles. The van der Waals surface area contributed by atoms with E-state index in [1.807, 2.05) is 0 Å². The summed E-state index contributed by atoms with van der Waals surface area (Å²) in [7, 11) is 0. The summed E-state index contributed by atoms with van der Waals surface area (Å²) in [5, 5.41) is 0. The molecule has 77 heavy (non-hydrogen) atoms. The van der Waals surface area contributed by atoms with Crippen molar-refractivity contribution in [2.75, 3.05) is 13.2 Å². The molecule has 0 N–H and O–H groups in total. The van der Waals surface area contributed by atoms with Crippen LogP contribution in [0, 0.1) is 0 Å². The molecule has 0 spiro atoms. The maximum absolute atomic E-state index is 12.8. The van der Waals surface area contributed by atoms with Crippen molar-refractivity contribution in [3.8, 4) is 0 Å². The first-order valence-corrected chi connectivity index (χ1v) is 31.7. The molecule has 0 fully saturated rings. The summed E-state index contributed by atoms with van der Waals surface area (Å²) in [4.78, 5) is 37.9. The number of esters is 3. The number of carbonyl (C=O) groups excluding carboxylic acids is 3. The molecule has 0 aliphatic rings. The largest absolute Gasteiger partial charge is 0.462 e. The number of rotatable bonds is 56. The van der Waals surface area contributed by atoms with Crippen LogP contribution in [-0.2, 0) is 28.6 Å². The van der Waals surface area contributed by atoms with Gasteiger partial charge in [-0.2, -0.15) is 0 Å². The molecule has 1 atom stereocenters. The highest BCUT2D eigenvalue weighted by Gasteiger charge is 2.19. The second-order valence-corrected chi connectivity index (χ2v) is 20.6. The summed E-state index contributed by atoms with van der Waals surface area (Å²) < 4.78 is 16.7. The third kappa shape index (κ3) is 62.3. The molecule has 0 saturated heterocycles. The van der Waals surface area contributed by atoms with E-state index in [1.54, 1.807) is 0 Å². The maximum Gasteiger partial charge on any atom is 0.306 e. The number of carbonyl (C=O) groups is 3. The topological polar surface area (TPSA) is 78.9 Å². The van der Waals surface area contributed by atoms with E-state index in [-0.39, 0.29) is 31.1 Å². The highest BCUT2D eigenvalue weighted by atomic mass is 16.6. The van der Waals surface area contributed by atoms with Crippen molar-refractivity contribution in [3.63, 3.8) is 0 Å². The van der Waals surface area contributed by atoms with Crippen molar-refractivity contribution in [3.05, 3.63) is 134 Å². The van der Waals surface area contributed by atoms with Gasteiger partial charge < -0.3 is 14.2 Å². The standard InChI is InChI=1S/C71H116O6/c1-4-7-10-13-15-17-19-21-23-25-27-29-30-31-32-33-34-35-36-37-38-39-40-42-43-45-47-49-51-53-55-58-61-64-70(73)76-67-68(66-75-69(72)63-60-57-12-9-6-3)77-71(74)65-62-59-56-54-52-50-48-46-44-41-28-26-24-22-20-18-16-14-11-8-5-2/h7,10,15,17,20-23,26-29,31-32,34-35,37-38,40,42,44,46,68H,4-6,8-9,11-14,16,18-19,24-25,30,33,36,39,41,43,45,47-67H2,1-3H3/b10-7-,17-15-,22-20-,23-21-,28-26-,29-27-,32-31-,35-34-,38-37-,42-40-,46-44-. The molecule has 0 aliphatic heterocycles. The molecule has 436 valence electrons. The minimum Gasteiger partial charge on any atom is -0.462 e. The van der Waals surface area contributed by atoms with Gasteiger partial charge in [0.2, 0.25) is 0 Å². The quantitative estimate of drug-likeness (QED) is 0.0261. The van der Waals surface area contributed by atoms with Crippen LogP contribution in [-0.4, -0.2) is 37.2 Å². The van der Waals surface area contributed by atoms with Crippen LogP contribution in [0.3, 0.4) is 0 Å². The summed E-state index contributed by atoms with van der Waals surface area (Å²) >= 11 is 0. The Labute approximate surface area is 475 Å². The molecule has 0 bridgehead atoms. The molecule has 0 amide bonds. The van der Waals surface area contributed by atoms with Gasteiger partial charge in [0, 0.05) is 19.3 Å². The molecule has 6 nitrogen and oxygen atoms in total. The van der Waals surface area contributed by atoms with Gasteiger partial charge in [-0.3, -0.25) is 14.4 Å². The Kier molecular flexibility index (Phi) is 60.4. The summed E-state index contributed by atoms with van der Waals surface area (Å²) in [5.74, 6) is -0.925. The Morgan fingerprint density at radius 3 is 0.792 bits per heavy atom. The van der Waals surface area contributed by atoms with Gasteiger partial charge in [0.05, 0.1) is 0 Å². The van der Waals surface area contributed by atoms with Crippen LogP contribution < -0.4 is 0 Å². The Hall–Kier alpha value is -4.45. The predicted molar refractivity (Wildman–Crippen MR) is 334 cm³/mol. The van der Waals surface area contributed by atoms with Crippen molar-refractivity contribution >= 4 is 17.9 Å². The van der Waals surface area contributed by atoms with Gasteiger partial charge in [-0.05, 0) is 122 Å². The van der Waals surface area contributed by atoms with E-state index in [1.165, 1.54) is 83.5 Å². The number of hydrogen-bond acceptors (Lipinski definition) is 6.